The van der Waals surface area contributed by atoms with Gasteiger partial charge in [-0.2, -0.15) is 5.26 Å². The largest absolute Gasteiger partial charge is 0.376 e. The Balaban J connectivity index is 1.71. The smallest absolute Gasteiger partial charge is 0.239 e. The number of amides is 1. The molecule has 0 spiro atoms. The van der Waals surface area contributed by atoms with Gasteiger partial charge in [-0.3, -0.25) is 4.79 Å². The van der Waals surface area contributed by atoms with Crippen molar-refractivity contribution >= 4 is 11.6 Å². The number of nitrogens with zero attached hydrogens (tertiary/aromatic N) is 1. The molecule has 0 unspecified atom stereocenters. The first-order chi connectivity index (χ1) is 10.3. The summed E-state index contributed by atoms with van der Waals surface area (Å²) in [4.78, 5) is 11.7. The Morgan fingerprint density at radius 2 is 1.90 bits per heavy atom. The van der Waals surface area contributed by atoms with Gasteiger partial charge < -0.3 is 10.6 Å². The van der Waals surface area contributed by atoms with Crippen molar-refractivity contribution in [1.29, 1.82) is 5.26 Å². The van der Waals surface area contributed by atoms with Crippen LogP contribution in [0.3, 0.4) is 0 Å². The zero-order chi connectivity index (χ0) is 14.9. The van der Waals surface area contributed by atoms with Gasteiger partial charge >= 0.3 is 0 Å². The van der Waals surface area contributed by atoms with Crippen molar-refractivity contribution < 1.29 is 4.79 Å². The second kappa shape index (κ2) is 7.71. The van der Waals surface area contributed by atoms with E-state index in [0.717, 1.165) is 12.1 Å². The van der Waals surface area contributed by atoms with Crippen LogP contribution in [0.4, 0.5) is 5.69 Å². The Kier molecular flexibility index (Phi) is 5.36. The van der Waals surface area contributed by atoms with Gasteiger partial charge in [0, 0.05) is 12.2 Å². The molecule has 2 aromatic carbocycles. The van der Waals surface area contributed by atoms with Crippen LogP contribution < -0.4 is 10.6 Å². The first-order valence-corrected chi connectivity index (χ1v) is 6.82. The fourth-order valence-electron chi connectivity index (χ4n) is 1.93. The summed E-state index contributed by atoms with van der Waals surface area (Å²) in [6, 6.07) is 19.2. The molecule has 4 nitrogen and oxygen atoms in total. The Hall–Kier alpha value is -2.80. The fraction of sp³-hybridized carbons (Fsp3) is 0.176. The number of hydrogen-bond acceptors (Lipinski definition) is 3. The minimum absolute atomic E-state index is 0.0618. The van der Waals surface area contributed by atoms with Crippen LogP contribution in [0.2, 0.25) is 0 Å². The summed E-state index contributed by atoms with van der Waals surface area (Å²) >= 11 is 0. The molecule has 1 amide bonds. The Bertz CT molecular complexity index is 632. The second-order valence-electron chi connectivity index (χ2n) is 4.63. The van der Waals surface area contributed by atoms with E-state index in [-0.39, 0.29) is 12.5 Å². The summed E-state index contributed by atoms with van der Waals surface area (Å²) < 4.78 is 0. The van der Waals surface area contributed by atoms with E-state index >= 15 is 0 Å². The van der Waals surface area contributed by atoms with E-state index < -0.39 is 0 Å². The molecule has 0 atom stereocenters. The molecule has 0 saturated heterocycles. The molecule has 0 radical (unpaired) electrons. The zero-order valence-electron chi connectivity index (χ0n) is 11.7. The molecule has 2 aromatic rings. The normalized spacial score (nSPS) is 9.67. The standard InChI is InChI=1S/C17H17N3O/c18-12-15-7-4-8-16(11-15)20-13-17(21)19-10-9-14-5-2-1-3-6-14/h1-8,11,20H,9-10,13H2,(H,19,21). The summed E-state index contributed by atoms with van der Waals surface area (Å²) in [6.07, 6.45) is 0.816. The highest BCUT2D eigenvalue weighted by molar-refractivity contribution is 5.80. The summed E-state index contributed by atoms with van der Waals surface area (Å²) in [5.74, 6) is -0.0618. The first-order valence-electron chi connectivity index (χ1n) is 6.82. The van der Waals surface area contributed by atoms with Crippen LogP contribution in [0.5, 0.6) is 0 Å². The monoisotopic (exact) mass is 279 g/mol. The van der Waals surface area contributed by atoms with E-state index in [1.165, 1.54) is 5.56 Å². The molecule has 0 aliphatic carbocycles. The SMILES string of the molecule is N#Cc1cccc(NCC(=O)NCCc2ccccc2)c1. The third-order valence-electron chi connectivity index (χ3n) is 3.02. The maximum absolute atomic E-state index is 11.7. The molecule has 0 aliphatic heterocycles. The lowest BCUT2D eigenvalue weighted by atomic mass is 10.1. The van der Waals surface area contributed by atoms with Crippen molar-refractivity contribution in [3.8, 4) is 6.07 Å². The van der Waals surface area contributed by atoms with E-state index in [9.17, 15) is 4.79 Å². The number of anilines is 1. The summed E-state index contributed by atoms with van der Waals surface area (Å²) in [5, 5.41) is 14.7. The molecular weight excluding hydrogens is 262 g/mol. The Labute approximate surface area is 124 Å². The minimum Gasteiger partial charge on any atom is -0.376 e. The molecular formula is C17H17N3O. The van der Waals surface area contributed by atoms with E-state index in [0.29, 0.717) is 12.1 Å². The van der Waals surface area contributed by atoms with E-state index in [1.807, 2.05) is 36.4 Å². The van der Waals surface area contributed by atoms with Gasteiger partial charge in [0.15, 0.2) is 0 Å². The van der Waals surface area contributed by atoms with Gasteiger partial charge in [0.25, 0.3) is 0 Å². The Morgan fingerprint density at radius 3 is 2.67 bits per heavy atom. The maximum Gasteiger partial charge on any atom is 0.239 e. The highest BCUT2D eigenvalue weighted by Crippen LogP contribution is 2.08. The van der Waals surface area contributed by atoms with Gasteiger partial charge in [0.1, 0.15) is 0 Å². The lowest BCUT2D eigenvalue weighted by Gasteiger charge is -2.08. The van der Waals surface area contributed by atoms with Crippen LogP contribution in [0.25, 0.3) is 0 Å². The van der Waals surface area contributed by atoms with Crippen molar-refractivity contribution in [3.05, 3.63) is 65.7 Å². The zero-order valence-corrected chi connectivity index (χ0v) is 11.7. The van der Waals surface area contributed by atoms with Gasteiger partial charge in [-0.1, -0.05) is 36.4 Å². The quantitative estimate of drug-likeness (QED) is 0.853. The van der Waals surface area contributed by atoms with Gasteiger partial charge in [-0.25, -0.2) is 0 Å². The predicted molar refractivity (Wildman–Crippen MR) is 82.8 cm³/mol. The van der Waals surface area contributed by atoms with Crippen LogP contribution in [0.15, 0.2) is 54.6 Å². The number of carbonyl (C=O) groups is 1. The van der Waals surface area contributed by atoms with Gasteiger partial charge in [0.2, 0.25) is 5.91 Å². The third kappa shape index (κ3) is 5.00. The maximum atomic E-state index is 11.7. The minimum atomic E-state index is -0.0618. The number of nitrogens with one attached hydrogen (secondary N) is 2. The molecule has 0 saturated carbocycles. The van der Waals surface area contributed by atoms with Crippen LogP contribution in [0.1, 0.15) is 11.1 Å². The molecule has 106 valence electrons. The topological polar surface area (TPSA) is 64.9 Å². The third-order valence-corrected chi connectivity index (χ3v) is 3.02. The highest BCUT2D eigenvalue weighted by atomic mass is 16.1. The number of rotatable bonds is 6. The fourth-order valence-corrected chi connectivity index (χ4v) is 1.93. The van der Waals surface area contributed by atoms with Gasteiger partial charge in [-0.05, 0) is 30.2 Å². The average Bonchev–Trinajstić information content (AvgIpc) is 2.54. The first kappa shape index (κ1) is 14.6. The summed E-state index contributed by atoms with van der Waals surface area (Å²) in [6.45, 7) is 0.812. The van der Waals surface area contributed by atoms with E-state index in [4.69, 9.17) is 5.26 Å². The number of nitriles is 1. The second-order valence-corrected chi connectivity index (χ2v) is 4.63. The van der Waals surface area contributed by atoms with Crippen LogP contribution in [-0.4, -0.2) is 19.0 Å². The van der Waals surface area contributed by atoms with E-state index in [2.05, 4.69) is 16.7 Å². The van der Waals surface area contributed by atoms with Crippen molar-refractivity contribution in [1.82, 2.24) is 5.32 Å². The molecule has 21 heavy (non-hydrogen) atoms. The predicted octanol–water partition coefficient (Wildman–Crippen LogP) is 2.33. The average molecular weight is 279 g/mol. The molecule has 2 N–H and O–H groups in total. The van der Waals surface area contributed by atoms with Crippen molar-refractivity contribution in [2.75, 3.05) is 18.4 Å². The molecule has 4 heteroatoms. The molecule has 0 heterocycles. The van der Waals surface area contributed by atoms with Crippen molar-refractivity contribution in [3.63, 3.8) is 0 Å². The van der Waals surface area contributed by atoms with Crippen LogP contribution in [-0.2, 0) is 11.2 Å². The van der Waals surface area contributed by atoms with Gasteiger partial charge in [0.05, 0.1) is 18.2 Å². The van der Waals surface area contributed by atoms with E-state index in [1.54, 1.807) is 18.2 Å². The molecule has 0 aliphatic rings. The number of benzene rings is 2. The van der Waals surface area contributed by atoms with Gasteiger partial charge in [-0.15, -0.1) is 0 Å². The highest BCUT2D eigenvalue weighted by Gasteiger charge is 2.01. The number of carbonyl (C=O) groups excluding carboxylic acids is 1. The molecule has 0 bridgehead atoms. The van der Waals surface area contributed by atoms with Crippen LogP contribution >= 0.6 is 0 Å². The number of hydrogen-bond donors (Lipinski definition) is 2. The van der Waals surface area contributed by atoms with Crippen LogP contribution in [0, 0.1) is 11.3 Å². The molecule has 2 rings (SSSR count). The molecule has 0 aromatic heterocycles. The Morgan fingerprint density at radius 1 is 1.10 bits per heavy atom. The summed E-state index contributed by atoms with van der Waals surface area (Å²) in [5.41, 5.74) is 2.55. The van der Waals surface area contributed by atoms with Crippen molar-refractivity contribution in [2.24, 2.45) is 0 Å². The molecule has 0 fully saturated rings. The van der Waals surface area contributed by atoms with Crippen molar-refractivity contribution in [2.45, 2.75) is 6.42 Å². The lowest BCUT2D eigenvalue weighted by Crippen LogP contribution is -2.31. The lowest BCUT2D eigenvalue weighted by molar-refractivity contribution is -0.119. The summed E-state index contributed by atoms with van der Waals surface area (Å²) in [7, 11) is 0.